The molecule has 2 aliphatic rings. The van der Waals surface area contributed by atoms with E-state index < -0.39 is 13.3 Å². The van der Waals surface area contributed by atoms with E-state index in [4.69, 9.17) is 9.97 Å². The molecule has 0 fully saturated rings. The lowest BCUT2D eigenvalue weighted by atomic mass is 9.70. The van der Waals surface area contributed by atoms with Crippen molar-refractivity contribution in [3.8, 4) is 44.5 Å². The molecule has 0 radical (unpaired) electrons. The van der Waals surface area contributed by atoms with Crippen molar-refractivity contribution in [3.63, 3.8) is 0 Å². The Morgan fingerprint density at radius 1 is 0.463 bits per heavy atom. The molecule has 12 rings (SSSR count). The Hall–Kier alpha value is -7.71. The van der Waals surface area contributed by atoms with Crippen molar-refractivity contribution in [2.24, 2.45) is 0 Å². The lowest BCUT2D eigenvalue weighted by Gasteiger charge is -2.31. The normalized spacial score (nSPS) is 14.4. The number of rotatable bonds is 8. The van der Waals surface area contributed by atoms with E-state index in [0.717, 1.165) is 44.5 Å². The van der Waals surface area contributed by atoms with Gasteiger partial charge in [0.05, 0.1) is 22.0 Å². The first-order chi connectivity index (χ1) is 33.0. The van der Waals surface area contributed by atoms with Gasteiger partial charge in [0.1, 0.15) is 11.5 Å². The second-order valence-corrected chi connectivity index (χ2v) is 19.7. The van der Waals surface area contributed by atoms with Gasteiger partial charge in [-0.05, 0) is 155 Å². The Morgan fingerprint density at radius 3 is 1.67 bits per heavy atom. The summed E-state index contributed by atoms with van der Waals surface area (Å²) < 4.78 is 2.23. The van der Waals surface area contributed by atoms with Crippen LogP contribution in [0.5, 0.6) is 0 Å². The molecule has 3 nitrogen and oxygen atoms in total. The highest BCUT2D eigenvalue weighted by molar-refractivity contribution is 7.77. The summed E-state index contributed by atoms with van der Waals surface area (Å²) >= 11 is 0. The van der Waals surface area contributed by atoms with Gasteiger partial charge in [-0.15, -0.1) is 0 Å². The Bertz CT molecular complexity index is 3690. The number of allylic oxidation sites excluding steroid dienone is 8. The first-order valence-corrected chi connectivity index (χ1v) is 24.6. The smallest absolute Gasteiger partial charge is 0.149 e. The molecule has 2 aliphatic carbocycles. The second-order valence-electron chi connectivity index (χ2n) is 17.5. The number of imidazole rings is 1. The minimum absolute atomic E-state index is 0.504. The van der Waals surface area contributed by atoms with Gasteiger partial charge in [0.15, 0.2) is 0 Å². The van der Waals surface area contributed by atoms with E-state index in [1.165, 1.54) is 77.1 Å². The summed E-state index contributed by atoms with van der Waals surface area (Å²) in [4.78, 5) is 10.6. The van der Waals surface area contributed by atoms with Crippen LogP contribution in [0.25, 0.3) is 77.7 Å². The third kappa shape index (κ3) is 6.22. The third-order valence-corrected chi connectivity index (χ3v) is 16.5. The van der Waals surface area contributed by atoms with E-state index in [-0.39, 0.29) is 0 Å². The van der Waals surface area contributed by atoms with Crippen molar-refractivity contribution in [2.75, 3.05) is 0 Å². The molecule has 0 saturated carbocycles. The fraction of sp³-hybridized carbons (Fsp3) is 0.0794. The van der Waals surface area contributed by atoms with Crippen LogP contribution in [0.2, 0.25) is 0 Å². The highest BCUT2D eigenvalue weighted by Crippen LogP contribution is 2.63. The molecule has 10 aromatic rings. The van der Waals surface area contributed by atoms with Crippen molar-refractivity contribution in [2.45, 2.75) is 33.1 Å². The van der Waals surface area contributed by atoms with Gasteiger partial charge in [0.2, 0.25) is 0 Å². The van der Waals surface area contributed by atoms with Crippen molar-refractivity contribution in [3.05, 3.63) is 252 Å². The van der Waals surface area contributed by atoms with Gasteiger partial charge in [-0.1, -0.05) is 182 Å². The van der Waals surface area contributed by atoms with Crippen LogP contribution in [0.15, 0.2) is 224 Å². The van der Waals surface area contributed by atoms with E-state index in [1.54, 1.807) is 0 Å². The average Bonchev–Trinajstić information content (AvgIpc) is 4.02. The number of fused-ring (bicyclic) bond motifs is 15. The fourth-order valence-corrected chi connectivity index (χ4v) is 13.4. The van der Waals surface area contributed by atoms with Crippen LogP contribution in [0.4, 0.5) is 0 Å². The van der Waals surface area contributed by atoms with E-state index in [1.807, 2.05) is 6.92 Å². The zero-order valence-electron chi connectivity index (χ0n) is 38.1. The maximum atomic E-state index is 5.32. The molecule has 0 N–H and O–H groups in total. The monoisotopic (exact) mass is 877 g/mol. The van der Waals surface area contributed by atoms with Crippen LogP contribution in [0.3, 0.4) is 0 Å². The number of aromatic nitrogens is 3. The molecule has 320 valence electrons. The van der Waals surface area contributed by atoms with Crippen molar-refractivity contribution < 1.29 is 0 Å². The minimum atomic E-state index is -0.700. The molecule has 2 heterocycles. The fourth-order valence-electron chi connectivity index (χ4n) is 11.0. The van der Waals surface area contributed by atoms with Gasteiger partial charge in [-0.3, -0.25) is 4.40 Å². The Balaban J connectivity index is 1.03. The van der Waals surface area contributed by atoms with E-state index in [2.05, 4.69) is 244 Å². The highest BCUT2D eigenvalue weighted by atomic mass is 31.1. The first kappa shape index (κ1) is 40.8. The maximum absolute atomic E-state index is 5.32. The van der Waals surface area contributed by atoms with Crippen LogP contribution in [0, 0.1) is 0 Å². The summed E-state index contributed by atoms with van der Waals surface area (Å²) in [7, 11) is -0.700. The summed E-state index contributed by atoms with van der Waals surface area (Å²) in [6.45, 7) is 8.38. The van der Waals surface area contributed by atoms with Crippen LogP contribution in [-0.4, -0.2) is 14.4 Å². The highest BCUT2D eigenvalue weighted by Gasteiger charge is 2.51. The van der Waals surface area contributed by atoms with Gasteiger partial charge in [-0.25, -0.2) is 9.97 Å². The molecular weight excluding hydrogens is 830 g/mol. The molecular formula is C63H48N3P. The SMILES string of the molecule is C/C=C\C(=C/C)c1nc2ccc(-c3ccc4c(c3)C3(c5ccccc5-c5ccccc53)c3cc(-c5ccc(P(C(/C=C\C)=C/C)c6ccccc6)cc5)ccc3-4)cc2c2nc3ccccc3n12. The Kier molecular flexibility index (Phi) is 9.93. The predicted molar refractivity (Wildman–Crippen MR) is 285 cm³/mol. The summed E-state index contributed by atoms with van der Waals surface area (Å²) in [5.41, 5.74) is 19.6. The van der Waals surface area contributed by atoms with E-state index >= 15 is 0 Å². The zero-order chi connectivity index (χ0) is 45.2. The van der Waals surface area contributed by atoms with Gasteiger partial charge in [0, 0.05) is 11.0 Å². The molecule has 0 amide bonds. The minimum Gasteiger partial charge on any atom is -0.276 e. The largest absolute Gasteiger partial charge is 0.276 e. The van der Waals surface area contributed by atoms with Gasteiger partial charge < -0.3 is 0 Å². The van der Waals surface area contributed by atoms with Crippen LogP contribution >= 0.6 is 7.92 Å². The number of para-hydroxylation sites is 2. The van der Waals surface area contributed by atoms with Crippen molar-refractivity contribution in [1.29, 1.82) is 0 Å². The van der Waals surface area contributed by atoms with Crippen molar-refractivity contribution in [1.82, 2.24) is 14.4 Å². The molecule has 1 atom stereocenters. The molecule has 67 heavy (non-hydrogen) atoms. The van der Waals surface area contributed by atoms with Crippen LogP contribution < -0.4 is 10.6 Å². The summed E-state index contributed by atoms with van der Waals surface area (Å²) in [6, 6.07) is 67.9. The molecule has 1 unspecified atom stereocenters. The second kappa shape index (κ2) is 16.3. The number of benzene rings is 8. The number of nitrogens with zero attached hydrogens (tertiary/aromatic N) is 3. The van der Waals surface area contributed by atoms with Crippen molar-refractivity contribution >= 4 is 51.7 Å². The molecule has 2 aromatic heterocycles. The number of hydrogen-bond donors (Lipinski definition) is 0. The standard InChI is InChI=1S/C63H48N3P/c1-5-18-41(7-3)61-64-58-37-32-43(38-53(58)62-65-59-26-16-17-27-60(59)66(61)62)45-31-36-52-51-35-30-44(42-28-33-48(34-29-42)67(46(8-4)19-6-2)47-20-10-9-11-21-47)39-56(51)63(57(52)40-45)54-24-14-12-22-49(54)50-23-13-15-25-55(50)63/h5-40H,1-4H3/b18-5-,19-6-,41-7+,46-8+. The molecule has 1 spiro atoms. The zero-order valence-corrected chi connectivity index (χ0v) is 39.0. The third-order valence-electron chi connectivity index (χ3n) is 13.9. The Morgan fingerprint density at radius 2 is 1.01 bits per heavy atom. The van der Waals surface area contributed by atoms with Crippen LogP contribution in [0.1, 0.15) is 55.8 Å². The summed E-state index contributed by atoms with van der Waals surface area (Å²) in [5.74, 6) is 0.889. The lowest BCUT2D eigenvalue weighted by molar-refractivity contribution is 0.794. The maximum Gasteiger partial charge on any atom is 0.149 e. The molecule has 0 bridgehead atoms. The van der Waals surface area contributed by atoms with Gasteiger partial charge >= 0.3 is 0 Å². The predicted octanol–water partition coefficient (Wildman–Crippen LogP) is 15.6. The van der Waals surface area contributed by atoms with E-state index in [9.17, 15) is 0 Å². The Labute approximate surface area is 393 Å². The lowest BCUT2D eigenvalue weighted by Crippen LogP contribution is -2.26. The molecule has 0 saturated heterocycles. The molecule has 0 aliphatic heterocycles. The van der Waals surface area contributed by atoms with Crippen LogP contribution in [-0.2, 0) is 5.41 Å². The van der Waals surface area contributed by atoms with Gasteiger partial charge in [-0.2, -0.15) is 0 Å². The average molecular weight is 878 g/mol. The topological polar surface area (TPSA) is 30.2 Å². The molecule has 4 heteroatoms. The van der Waals surface area contributed by atoms with Gasteiger partial charge in [0.25, 0.3) is 0 Å². The van der Waals surface area contributed by atoms with E-state index in [0.29, 0.717) is 0 Å². The molecule has 8 aromatic carbocycles. The first-order valence-electron chi connectivity index (χ1n) is 23.3. The number of hydrogen-bond acceptors (Lipinski definition) is 2. The summed E-state index contributed by atoms with van der Waals surface area (Å²) in [5, 5.41) is 5.08. The summed E-state index contributed by atoms with van der Waals surface area (Å²) in [6.07, 6.45) is 13.0. The quantitative estimate of drug-likeness (QED) is 0.112.